The van der Waals surface area contributed by atoms with E-state index in [0.717, 1.165) is 11.1 Å². The van der Waals surface area contributed by atoms with E-state index in [1.165, 1.54) is 13.0 Å². The van der Waals surface area contributed by atoms with Gasteiger partial charge in [-0.2, -0.15) is 0 Å². The standard InChI is InChI=1S/C21H21FO4/c1-12(2)20(23)25-17-8-6-15(7-9-17)16-10-14(5)19(18(22)11-16)26-21(24)13(3)4/h6-9,11,14H,1,3,10H2,2,4-5H3. The fourth-order valence-corrected chi connectivity index (χ4v) is 2.41. The molecule has 1 aliphatic rings. The highest BCUT2D eigenvalue weighted by Gasteiger charge is 2.25. The monoisotopic (exact) mass is 356 g/mol. The van der Waals surface area contributed by atoms with E-state index in [-0.39, 0.29) is 17.3 Å². The topological polar surface area (TPSA) is 52.6 Å². The zero-order valence-corrected chi connectivity index (χ0v) is 15.1. The van der Waals surface area contributed by atoms with E-state index >= 15 is 0 Å². The minimum Gasteiger partial charge on any atom is -0.424 e. The van der Waals surface area contributed by atoms with Crippen molar-refractivity contribution < 1.29 is 23.5 Å². The Morgan fingerprint density at radius 3 is 2.08 bits per heavy atom. The maximum atomic E-state index is 14.4. The van der Waals surface area contributed by atoms with Crippen LogP contribution in [0.3, 0.4) is 0 Å². The van der Waals surface area contributed by atoms with Crippen molar-refractivity contribution in [2.24, 2.45) is 5.92 Å². The van der Waals surface area contributed by atoms with Gasteiger partial charge in [0.2, 0.25) is 0 Å². The molecule has 4 nitrogen and oxygen atoms in total. The Hall–Kier alpha value is -2.95. The summed E-state index contributed by atoms with van der Waals surface area (Å²) in [5.41, 5.74) is 2.09. The average Bonchev–Trinajstić information content (AvgIpc) is 2.58. The Balaban J connectivity index is 2.20. The van der Waals surface area contributed by atoms with E-state index < -0.39 is 17.8 Å². The van der Waals surface area contributed by atoms with Gasteiger partial charge in [-0.3, -0.25) is 0 Å². The molecule has 0 aromatic heterocycles. The van der Waals surface area contributed by atoms with Gasteiger partial charge in [-0.25, -0.2) is 14.0 Å². The van der Waals surface area contributed by atoms with Crippen LogP contribution in [0, 0.1) is 5.92 Å². The van der Waals surface area contributed by atoms with Gasteiger partial charge < -0.3 is 9.47 Å². The predicted molar refractivity (Wildman–Crippen MR) is 97.7 cm³/mol. The number of carbonyl (C=O) groups is 2. The lowest BCUT2D eigenvalue weighted by Crippen LogP contribution is -2.15. The van der Waals surface area contributed by atoms with Crippen LogP contribution in [-0.2, 0) is 14.3 Å². The Morgan fingerprint density at radius 2 is 1.58 bits per heavy atom. The molecule has 5 heteroatoms. The van der Waals surface area contributed by atoms with Gasteiger partial charge in [0.1, 0.15) is 11.5 Å². The largest absolute Gasteiger partial charge is 0.424 e. The van der Waals surface area contributed by atoms with E-state index in [9.17, 15) is 14.0 Å². The van der Waals surface area contributed by atoms with E-state index in [1.54, 1.807) is 38.1 Å². The van der Waals surface area contributed by atoms with Crippen LogP contribution >= 0.6 is 0 Å². The van der Waals surface area contributed by atoms with Crippen molar-refractivity contribution in [3.05, 3.63) is 71.8 Å². The summed E-state index contributed by atoms with van der Waals surface area (Å²) in [7, 11) is 0. The molecule has 1 aliphatic carbocycles. The van der Waals surface area contributed by atoms with Crippen molar-refractivity contribution in [1.82, 2.24) is 0 Å². The van der Waals surface area contributed by atoms with Crippen molar-refractivity contribution in [2.75, 3.05) is 0 Å². The van der Waals surface area contributed by atoms with Gasteiger partial charge in [0.25, 0.3) is 0 Å². The lowest BCUT2D eigenvalue weighted by atomic mass is 9.89. The van der Waals surface area contributed by atoms with Crippen molar-refractivity contribution in [2.45, 2.75) is 27.2 Å². The molecule has 0 spiro atoms. The molecule has 1 atom stereocenters. The summed E-state index contributed by atoms with van der Waals surface area (Å²) in [4.78, 5) is 23.2. The normalized spacial score (nSPS) is 16.6. The molecule has 2 rings (SSSR count). The zero-order chi connectivity index (χ0) is 19.4. The Kier molecular flexibility index (Phi) is 5.93. The number of benzene rings is 1. The first kappa shape index (κ1) is 19.4. The molecule has 1 unspecified atom stereocenters. The average molecular weight is 356 g/mol. The Morgan fingerprint density at radius 1 is 1.04 bits per heavy atom. The van der Waals surface area contributed by atoms with Gasteiger partial charge in [-0.1, -0.05) is 32.2 Å². The molecule has 0 N–H and O–H groups in total. The van der Waals surface area contributed by atoms with Crippen LogP contribution in [0.4, 0.5) is 4.39 Å². The van der Waals surface area contributed by atoms with E-state index in [1.807, 2.05) is 0 Å². The van der Waals surface area contributed by atoms with Crippen LogP contribution < -0.4 is 4.74 Å². The summed E-state index contributed by atoms with van der Waals surface area (Å²) in [5, 5.41) is 0. The summed E-state index contributed by atoms with van der Waals surface area (Å²) in [5.74, 6) is -1.60. The number of hydrogen-bond acceptors (Lipinski definition) is 4. The number of ether oxygens (including phenoxy) is 2. The van der Waals surface area contributed by atoms with Gasteiger partial charge in [0.15, 0.2) is 5.83 Å². The quantitative estimate of drug-likeness (QED) is 0.428. The molecule has 0 bridgehead atoms. The van der Waals surface area contributed by atoms with Gasteiger partial charge in [0, 0.05) is 17.1 Å². The fourth-order valence-electron chi connectivity index (χ4n) is 2.41. The lowest BCUT2D eigenvalue weighted by Gasteiger charge is -2.22. The number of allylic oxidation sites excluding steroid dienone is 4. The smallest absolute Gasteiger partial charge is 0.338 e. The third-order valence-corrected chi connectivity index (χ3v) is 3.85. The molecule has 0 saturated carbocycles. The molecule has 1 aromatic rings. The van der Waals surface area contributed by atoms with Crippen molar-refractivity contribution >= 4 is 17.5 Å². The highest BCUT2D eigenvalue weighted by atomic mass is 19.1. The summed E-state index contributed by atoms with van der Waals surface area (Å²) in [6, 6.07) is 6.77. The summed E-state index contributed by atoms with van der Waals surface area (Å²) < 4.78 is 24.7. The maximum Gasteiger partial charge on any atom is 0.338 e. The number of esters is 2. The molecular formula is C21H21FO4. The maximum absolute atomic E-state index is 14.4. The summed E-state index contributed by atoms with van der Waals surface area (Å²) in [6.07, 6.45) is 1.87. The van der Waals surface area contributed by atoms with Crippen LogP contribution in [0.15, 0.2) is 66.2 Å². The zero-order valence-electron chi connectivity index (χ0n) is 15.1. The molecule has 0 saturated heterocycles. The molecule has 136 valence electrons. The molecule has 0 amide bonds. The first-order chi connectivity index (χ1) is 12.2. The molecule has 0 fully saturated rings. The van der Waals surface area contributed by atoms with Crippen LogP contribution in [0.2, 0.25) is 0 Å². The number of hydrogen-bond donors (Lipinski definition) is 0. The minimum absolute atomic E-state index is 0.0220. The second-order valence-corrected chi connectivity index (χ2v) is 6.35. The second kappa shape index (κ2) is 7.95. The third kappa shape index (κ3) is 4.57. The molecular weight excluding hydrogens is 335 g/mol. The van der Waals surface area contributed by atoms with E-state index in [2.05, 4.69) is 13.2 Å². The molecule has 0 radical (unpaired) electrons. The minimum atomic E-state index is -0.637. The van der Waals surface area contributed by atoms with Gasteiger partial charge in [-0.05, 0) is 49.6 Å². The number of halogens is 1. The first-order valence-electron chi connectivity index (χ1n) is 8.15. The predicted octanol–water partition coefficient (Wildman–Crippen LogP) is 4.89. The van der Waals surface area contributed by atoms with Crippen molar-refractivity contribution in [3.8, 4) is 5.75 Å². The van der Waals surface area contributed by atoms with Crippen LogP contribution in [0.25, 0.3) is 5.57 Å². The van der Waals surface area contributed by atoms with Crippen molar-refractivity contribution in [1.29, 1.82) is 0 Å². The second-order valence-electron chi connectivity index (χ2n) is 6.35. The lowest BCUT2D eigenvalue weighted by molar-refractivity contribution is -0.136. The van der Waals surface area contributed by atoms with Gasteiger partial charge in [0.05, 0.1) is 0 Å². The first-order valence-corrected chi connectivity index (χ1v) is 8.15. The molecule has 0 aliphatic heterocycles. The van der Waals surface area contributed by atoms with Crippen LogP contribution in [-0.4, -0.2) is 11.9 Å². The highest BCUT2D eigenvalue weighted by molar-refractivity contribution is 5.89. The number of carbonyl (C=O) groups excluding carboxylic acids is 2. The fraction of sp³-hybridized carbons (Fsp3) is 0.238. The van der Waals surface area contributed by atoms with Crippen LogP contribution in [0.5, 0.6) is 5.75 Å². The van der Waals surface area contributed by atoms with Crippen molar-refractivity contribution in [3.63, 3.8) is 0 Å². The van der Waals surface area contributed by atoms with E-state index in [4.69, 9.17) is 9.47 Å². The van der Waals surface area contributed by atoms with Crippen LogP contribution in [0.1, 0.15) is 32.8 Å². The van der Waals surface area contributed by atoms with Gasteiger partial charge in [-0.15, -0.1) is 0 Å². The summed E-state index contributed by atoms with van der Waals surface area (Å²) >= 11 is 0. The third-order valence-electron chi connectivity index (χ3n) is 3.85. The highest BCUT2D eigenvalue weighted by Crippen LogP contribution is 2.36. The number of rotatable bonds is 5. The van der Waals surface area contributed by atoms with E-state index in [0.29, 0.717) is 17.7 Å². The Bertz CT molecular complexity index is 828. The molecule has 0 heterocycles. The van der Waals surface area contributed by atoms with Gasteiger partial charge >= 0.3 is 11.9 Å². The summed E-state index contributed by atoms with van der Waals surface area (Å²) in [6.45, 7) is 11.9. The molecule has 1 aromatic carbocycles. The molecule has 26 heavy (non-hydrogen) atoms. The SMILES string of the molecule is C=C(C)C(=O)OC1=C(F)C=C(c2ccc(OC(=O)C(=C)C)cc2)CC1C. The Labute approximate surface area is 152 Å².